The summed E-state index contributed by atoms with van der Waals surface area (Å²) >= 11 is 1.99. The number of rotatable bonds is 4. The van der Waals surface area contributed by atoms with Crippen LogP contribution in [0.2, 0.25) is 0 Å². The molecule has 0 saturated carbocycles. The first-order chi connectivity index (χ1) is 10.2. The summed E-state index contributed by atoms with van der Waals surface area (Å²) < 4.78 is 5.69. The molecule has 6 heteroatoms. The van der Waals surface area contributed by atoms with Crippen molar-refractivity contribution < 1.29 is 14.3 Å². The molecule has 1 N–H and O–H groups in total. The Balaban J connectivity index is 1.75. The smallest absolute Gasteiger partial charge is 0.335 e. The Hall–Kier alpha value is -1.82. The normalized spacial score (nSPS) is 16.0. The van der Waals surface area contributed by atoms with Crippen molar-refractivity contribution in [2.45, 2.75) is 19.3 Å². The van der Waals surface area contributed by atoms with Gasteiger partial charge < -0.3 is 9.52 Å². The minimum absolute atomic E-state index is 0.219. The molecule has 2 aromatic rings. The van der Waals surface area contributed by atoms with E-state index in [4.69, 9.17) is 9.52 Å². The van der Waals surface area contributed by atoms with Crippen molar-refractivity contribution in [3.8, 4) is 11.5 Å². The van der Waals surface area contributed by atoms with Crippen LogP contribution in [0.1, 0.15) is 29.1 Å². The Morgan fingerprint density at radius 1 is 1.33 bits per heavy atom. The molecular formula is C15H16N2O3S. The molecule has 3 rings (SSSR count). The van der Waals surface area contributed by atoms with Crippen molar-refractivity contribution in [2.24, 2.45) is 5.92 Å². The third-order valence-electron chi connectivity index (χ3n) is 3.63. The fourth-order valence-electron chi connectivity index (χ4n) is 2.44. The van der Waals surface area contributed by atoms with Crippen molar-refractivity contribution in [2.75, 3.05) is 11.5 Å². The maximum Gasteiger partial charge on any atom is 0.335 e. The molecule has 0 amide bonds. The minimum Gasteiger partial charge on any atom is -0.478 e. The van der Waals surface area contributed by atoms with Crippen LogP contribution in [-0.2, 0) is 6.42 Å². The van der Waals surface area contributed by atoms with Gasteiger partial charge in [-0.3, -0.25) is 0 Å². The molecule has 1 aliphatic rings. The number of aromatic nitrogens is 2. The van der Waals surface area contributed by atoms with Crippen LogP contribution in [-0.4, -0.2) is 32.8 Å². The summed E-state index contributed by atoms with van der Waals surface area (Å²) in [6.07, 6.45) is 3.19. The number of carboxylic acid groups (broad SMARTS) is 1. The molecule has 0 aliphatic carbocycles. The van der Waals surface area contributed by atoms with E-state index in [-0.39, 0.29) is 5.56 Å². The molecule has 110 valence electrons. The molecule has 21 heavy (non-hydrogen) atoms. The molecule has 0 bridgehead atoms. The highest BCUT2D eigenvalue weighted by Gasteiger charge is 2.18. The van der Waals surface area contributed by atoms with Gasteiger partial charge >= 0.3 is 5.97 Å². The Morgan fingerprint density at radius 2 is 2.14 bits per heavy atom. The monoisotopic (exact) mass is 304 g/mol. The van der Waals surface area contributed by atoms with Gasteiger partial charge in [-0.05, 0) is 48.5 Å². The van der Waals surface area contributed by atoms with Crippen LogP contribution in [0, 0.1) is 5.92 Å². The first-order valence-electron chi connectivity index (χ1n) is 6.96. The maximum absolute atomic E-state index is 11.0. The zero-order chi connectivity index (χ0) is 14.7. The summed E-state index contributed by atoms with van der Waals surface area (Å²) in [5, 5.41) is 17.1. The predicted octanol–water partition coefficient (Wildman–Crippen LogP) is 3.12. The topological polar surface area (TPSA) is 76.2 Å². The minimum atomic E-state index is -0.962. The molecule has 1 aliphatic heterocycles. The Bertz CT molecular complexity index is 635. The van der Waals surface area contributed by atoms with Crippen molar-refractivity contribution in [1.29, 1.82) is 0 Å². The lowest BCUT2D eigenvalue weighted by Gasteiger charge is -2.19. The summed E-state index contributed by atoms with van der Waals surface area (Å²) in [4.78, 5) is 11.0. The number of hydrogen-bond donors (Lipinski definition) is 1. The van der Waals surface area contributed by atoms with E-state index >= 15 is 0 Å². The van der Waals surface area contributed by atoms with Crippen LogP contribution >= 0.6 is 11.8 Å². The zero-order valence-corrected chi connectivity index (χ0v) is 12.3. The number of benzene rings is 1. The highest BCUT2D eigenvalue weighted by molar-refractivity contribution is 7.99. The van der Waals surface area contributed by atoms with Crippen LogP contribution in [0.25, 0.3) is 11.5 Å². The second kappa shape index (κ2) is 6.30. The number of carboxylic acids is 1. The van der Waals surface area contributed by atoms with Gasteiger partial charge in [-0.2, -0.15) is 11.8 Å². The molecule has 2 heterocycles. The summed E-state index contributed by atoms with van der Waals surface area (Å²) in [7, 11) is 0. The van der Waals surface area contributed by atoms with Gasteiger partial charge in [0.2, 0.25) is 11.8 Å². The van der Waals surface area contributed by atoms with Gasteiger partial charge in [0.1, 0.15) is 0 Å². The first kappa shape index (κ1) is 14.1. The lowest BCUT2D eigenvalue weighted by Crippen LogP contribution is -2.12. The van der Waals surface area contributed by atoms with Gasteiger partial charge in [-0.15, -0.1) is 10.2 Å². The number of hydrogen-bond acceptors (Lipinski definition) is 5. The average molecular weight is 304 g/mol. The molecule has 0 spiro atoms. The maximum atomic E-state index is 11.0. The Kier molecular flexibility index (Phi) is 4.24. The van der Waals surface area contributed by atoms with E-state index in [0.717, 1.165) is 6.42 Å². The van der Waals surface area contributed by atoms with Gasteiger partial charge in [0.05, 0.1) is 5.56 Å². The van der Waals surface area contributed by atoms with E-state index in [9.17, 15) is 4.79 Å². The van der Waals surface area contributed by atoms with E-state index in [1.807, 2.05) is 11.8 Å². The fourth-order valence-corrected chi connectivity index (χ4v) is 3.64. The quantitative estimate of drug-likeness (QED) is 0.935. The Labute approximate surface area is 126 Å². The van der Waals surface area contributed by atoms with Crippen LogP contribution in [0.3, 0.4) is 0 Å². The zero-order valence-electron chi connectivity index (χ0n) is 11.5. The molecule has 0 unspecified atom stereocenters. The third-order valence-corrected chi connectivity index (χ3v) is 4.68. The summed E-state index contributed by atoms with van der Waals surface area (Å²) in [5.41, 5.74) is 0.865. The van der Waals surface area contributed by atoms with Gasteiger partial charge in [0, 0.05) is 12.0 Å². The van der Waals surface area contributed by atoms with E-state index in [1.54, 1.807) is 24.3 Å². The molecular weight excluding hydrogens is 288 g/mol. The number of aromatic carboxylic acids is 1. The highest BCUT2D eigenvalue weighted by Crippen LogP contribution is 2.27. The third kappa shape index (κ3) is 3.44. The number of thioether (sulfide) groups is 1. The van der Waals surface area contributed by atoms with Gasteiger partial charge in [0.25, 0.3) is 0 Å². The SMILES string of the molecule is O=C(O)c1cccc(-c2nnc(CC3CCSCC3)o2)c1. The van der Waals surface area contributed by atoms with Crippen LogP contribution in [0.4, 0.5) is 0 Å². The van der Waals surface area contributed by atoms with Crippen molar-refractivity contribution in [3.05, 3.63) is 35.7 Å². The van der Waals surface area contributed by atoms with Gasteiger partial charge in [0.15, 0.2) is 0 Å². The largest absolute Gasteiger partial charge is 0.478 e. The molecule has 1 fully saturated rings. The van der Waals surface area contributed by atoms with E-state index in [2.05, 4.69) is 10.2 Å². The summed E-state index contributed by atoms with van der Waals surface area (Å²) in [6.45, 7) is 0. The fraction of sp³-hybridized carbons (Fsp3) is 0.400. The number of nitrogens with zero attached hydrogens (tertiary/aromatic N) is 2. The van der Waals surface area contributed by atoms with Gasteiger partial charge in [-0.1, -0.05) is 6.07 Å². The van der Waals surface area contributed by atoms with E-state index in [0.29, 0.717) is 23.3 Å². The van der Waals surface area contributed by atoms with Crippen LogP contribution < -0.4 is 0 Å². The molecule has 1 aromatic carbocycles. The molecule has 1 aromatic heterocycles. The van der Waals surface area contributed by atoms with E-state index < -0.39 is 5.97 Å². The number of carbonyl (C=O) groups is 1. The second-order valence-corrected chi connectivity index (χ2v) is 6.37. The van der Waals surface area contributed by atoms with Crippen LogP contribution in [0.5, 0.6) is 0 Å². The molecule has 5 nitrogen and oxygen atoms in total. The second-order valence-electron chi connectivity index (χ2n) is 5.15. The molecule has 0 radical (unpaired) electrons. The summed E-state index contributed by atoms with van der Waals surface area (Å²) in [5.74, 6) is 3.08. The van der Waals surface area contributed by atoms with E-state index in [1.165, 1.54) is 24.3 Å². The molecule has 1 saturated heterocycles. The lowest BCUT2D eigenvalue weighted by molar-refractivity contribution is 0.0697. The molecule has 0 atom stereocenters. The Morgan fingerprint density at radius 3 is 2.90 bits per heavy atom. The average Bonchev–Trinajstić information content (AvgIpc) is 2.97. The van der Waals surface area contributed by atoms with Crippen molar-refractivity contribution >= 4 is 17.7 Å². The predicted molar refractivity (Wildman–Crippen MR) is 80.4 cm³/mol. The van der Waals surface area contributed by atoms with Crippen LogP contribution in [0.15, 0.2) is 28.7 Å². The van der Waals surface area contributed by atoms with Crippen molar-refractivity contribution in [1.82, 2.24) is 10.2 Å². The summed E-state index contributed by atoms with van der Waals surface area (Å²) in [6, 6.07) is 6.56. The van der Waals surface area contributed by atoms with Gasteiger partial charge in [-0.25, -0.2) is 4.79 Å². The first-order valence-corrected chi connectivity index (χ1v) is 8.11. The van der Waals surface area contributed by atoms with Crippen molar-refractivity contribution in [3.63, 3.8) is 0 Å². The lowest BCUT2D eigenvalue weighted by atomic mass is 9.99. The standard InChI is InChI=1S/C15H16N2O3S/c18-15(19)12-3-1-2-11(9-12)14-17-16-13(20-14)8-10-4-6-21-7-5-10/h1-3,9-10H,4-8H2,(H,18,19). The highest BCUT2D eigenvalue weighted by atomic mass is 32.2.